The van der Waals surface area contributed by atoms with Crippen LogP contribution in [0.4, 0.5) is 0 Å². The van der Waals surface area contributed by atoms with E-state index in [1.54, 1.807) is 0 Å². The van der Waals surface area contributed by atoms with E-state index in [1.807, 2.05) is 36.4 Å². The fourth-order valence-corrected chi connectivity index (χ4v) is 10.4. The van der Waals surface area contributed by atoms with Crippen molar-refractivity contribution < 1.29 is 0 Å². The Morgan fingerprint density at radius 3 is 1.40 bits per heavy atom. The van der Waals surface area contributed by atoms with E-state index in [0.717, 1.165) is 39.0 Å². The Kier molecular flexibility index (Phi) is 7.75. The van der Waals surface area contributed by atoms with E-state index in [1.165, 1.54) is 55.0 Å². The minimum absolute atomic E-state index is 0.635. The van der Waals surface area contributed by atoms with Crippen LogP contribution in [-0.2, 0) is 5.41 Å². The molecule has 1 aliphatic rings. The molecule has 9 aromatic carbocycles. The number of rotatable bonds is 6. The molecule has 0 amide bonds. The highest BCUT2D eigenvalue weighted by Crippen LogP contribution is 2.55. The van der Waals surface area contributed by atoms with Gasteiger partial charge < -0.3 is 9.13 Å². The number of fused-ring (bicyclic) bond motifs is 8. The van der Waals surface area contributed by atoms with Crippen LogP contribution in [0, 0.1) is 0 Å². The summed E-state index contributed by atoms with van der Waals surface area (Å²) in [5.74, 6) is 1.92. The third kappa shape index (κ3) is 5.20. The average molecular weight is 804 g/mol. The summed E-state index contributed by atoms with van der Waals surface area (Å²) in [5, 5.41) is 4.81. The van der Waals surface area contributed by atoms with Gasteiger partial charge in [-0.2, -0.15) is 0 Å². The van der Waals surface area contributed by atoms with Crippen molar-refractivity contribution in [2.24, 2.45) is 0 Å². The van der Waals surface area contributed by atoms with Gasteiger partial charge in [-0.25, -0.2) is 15.0 Å². The van der Waals surface area contributed by atoms with E-state index >= 15 is 0 Å². The molecule has 63 heavy (non-hydrogen) atoms. The van der Waals surface area contributed by atoms with Crippen LogP contribution < -0.4 is 0 Å². The molecule has 0 N–H and O–H groups in total. The largest absolute Gasteiger partial charge is 0.309 e. The highest BCUT2D eigenvalue weighted by atomic mass is 15.0. The van der Waals surface area contributed by atoms with E-state index in [4.69, 9.17) is 15.0 Å². The molecule has 0 atom stereocenters. The Hall–Kier alpha value is -8.41. The molecule has 0 fully saturated rings. The van der Waals surface area contributed by atoms with Crippen molar-refractivity contribution >= 4 is 43.6 Å². The highest BCUT2D eigenvalue weighted by Gasteiger charge is 2.45. The van der Waals surface area contributed by atoms with Crippen molar-refractivity contribution in [1.82, 2.24) is 24.1 Å². The third-order valence-electron chi connectivity index (χ3n) is 13.0. The lowest BCUT2D eigenvalue weighted by Gasteiger charge is -2.42. The molecular formula is C58H37N5. The fourth-order valence-electron chi connectivity index (χ4n) is 10.4. The molecule has 4 heterocycles. The molecule has 0 spiro atoms. The molecule has 0 unspecified atom stereocenters. The Labute approximate surface area is 363 Å². The van der Waals surface area contributed by atoms with Gasteiger partial charge in [0.2, 0.25) is 0 Å². The number of benzene rings is 9. The molecule has 1 aliphatic heterocycles. The first kappa shape index (κ1) is 35.4. The fraction of sp³-hybridized carbons (Fsp3) is 0.0172. The topological polar surface area (TPSA) is 48.5 Å². The van der Waals surface area contributed by atoms with E-state index in [-0.39, 0.29) is 0 Å². The van der Waals surface area contributed by atoms with Crippen molar-refractivity contribution in [3.05, 3.63) is 247 Å². The Morgan fingerprint density at radius 2 is 0.810 bits per heavy atom. The van der Waals surface area contributed by atoms with E-state index < -0.39 is 5.41 Å². The quantitative estimate of drug-likeness (QED) is 0.168. The van der Waals surface area contributed by atoms with Crippen LogP contribution in [0.1, 0.15) is 22.3 Å². The minimum atomic E-state index is -0.650. The molecule has 0 saturated heterocycles. The summed E-state index contributed by atoms with van der Waals surface area (Å²) in [6.07, 6.45) is 0. The zero-order valence-electron chi connectivity index (χ0n) is 34.1. The SMILES string of the molecule is c1ccc(-c2nc(-c3ccccc3)nc(-c3ccc4c(c3)c3cccc5c3n4-c3ccc(-n4c6ccccc6c6ccccc64)cc3C5(c3ccccc3)c3ccccc3)n2)cc1. The van der Waals surface area contributed by atoms with E-state index in [9.17, 15) is 0 Å². The molecule has 0 aliphatic carbocycles. The van der Waals surface area contributed by atoms with Gasteiger partial charge in [-0.15, -0.1) is 0 Å². The van der Waals surface area contributed by atoms with Crippen molar-refractivity contribution in [1.29, 1.82) is 0 Å². The molecule has 13 rings (SSSR count). The normalized spacial score (nSPS) is 12.9. The van der Waals surface area contributed by atoms with Gasteiger partial charge in [0.05, 0.1) is 33.2 Å². The molecule has 5 heteroatoms. The maximum absolute atomic E-state index is 5.13. The zero-order chi connectivity index (χ0) is 41.5. The summed E-state index contributed by atoms with van der Waals surface area (Å²) in [4.78, 5) is 15.2. The highest BCUT2D eigenvalue weighted by molar-refractivity contribution is 6.13. The second-order valence-electron chi connectivity index (χ2n) is 16.4. The number of hydrogen-bond donors (Lipinski definition) is 0. The first-order valence-electron chi connectivity index (χ1n) is 21.5. The second-order valence-corrected chi connectivity index (χ2v) is 16.4. The van der Waals surface area contributed by atoms with Crippen LogP contribution in [0.25, 0.3) is 89.2 Å². The van der Waals surface area contributed by atoms with Gasteiger partial charge >= 0.3 is 0 Å². The molecular weight excluding hydrogens is 767 g/mol. The van der Waals surface area contributed by atoms with E-state index in [0.29, 0.717) is 17.5 Å². The van der Waals surface area contributed by atoms with Gasteiger partial charge in [0.25, 0.3) is 0 Å². The number of hydrogen-bond acceptors (Lipinski definition) is 3. The summed E-state index contributed by atoms with van der Waals surface area (Å²) in [5.41, 5.74) is 14.0. The zero-order valence-corrected chi connectivity index (χ0v) is 34.1. The third-order valence-corrected chi connectivity index (χ3v) is 13.0. The van der Waals surface area contributed by atoms with Gasteiger partial charge in [-0.1, -0.05) is 176 Å². The monoisotopic (exact) mass is 803 g/mol. The molecule has 0 saturated carbocycles. The van der Waals surface area contributed by atoms with Gasteiger partial charge in [0.1, 0.15) is 0 Å². The number of aromatic nitrogens is 5. The van der Waals surface area contributed by atoms with Crippen LogP contribution in [0.2, 0.25) is 0 Å². The summed E-state index contributed by atoms with van der Waals surface area (Å²) in [6.45, 7) is 0. The van der Waals surface area contributed by atoms with Gasteiger partial charge in [-0.05, 0) is 70.8 Å². The summed E-state index contributed by atoms with van der Waals surface area (Å²) < 4.78 is 4.93. The summed E-state index contributed by atoms with van der Waals surface area (Å²) >= 11 is 0. The van der Waals surface area contributed by atoms with Crippen LogP contribution in [0.3, 0.4) is 0 Å². The summed E-state index contributed by atoms with van der Waals surface area (Å²) in [6, 6.07) is 80.7. The lowest BCUT2D eigenvalue weighted by Crippen LogP contribution is -2.35. The number of nitrogens with zero attached hydrogens (tertiary/aromatic N) is 5. The predicted molar refractivity (Wildman–Crippen MR) is 257 cm³/mol. The van der Waals surface area contributed by atoms with Crippen molar-refractivity contribution in [2.75, 3.05) is 0 Å². The maximum atomic E-state index is 5.13. The van der Waals surface area contributed by atoms with Crippen molar-refractivity contribution in [3.8, 4) is 45.5 Å². The molecule has 0 radical (unpaired) electrons. The summed E-state index contributed by atoms with van der Waals surface area (Å²) in [7, 11) is 0. The average Bonchev–Trinajstić information content (AvgIpc) is 3.88. The van der Waals surface area contributed by atoms with Crippen LogP contribution in [0.5, 0.6) is 0 Å². The second kappa shape index (κ2) is 13.8. The van der Waals surface area contributed by atoms with Gasteiger partial charge in [-0.3, -0.25) is 0 Å². The van der Waals surface area contributed by atoms with Crippen molar-refractivity contribution in [2.45, 2.75) is 5.41 Å². The van der Waals surface area contributed by atoms with Crippen LogP contribution >= 0.6 is 0 Å². The van der Waals surface area contributed by atoms with E-state index in [2.05, 4.69) is 197 Å². The van der Waals surface area contributed by atoms with Crippen molar-refractivity contribution in [3.63, 3.8) is 0 Å². The first-order valence-corrected chi connectivity index (χ1v) is 21.5. The standard InChI is InChI=1S/C58H37N5/c1-5-18-38(19-6-1)55-59-56(39-20-7-2-8-21-39)61-57(60-55)40-32-34-52-47(36-40)46-28-17-29-48-54(46)63(52)53-35-33-43(62-50-30-15-13-26-44(50)45-27-14-16-31-51(45)62)37-49(53)58(48,41-22-9-3-10-23-41)42-24-11-4-12-25-42/h1-37H. The Bertz CT molecular complexity index is 3570. The predicted octanol–water partition coefficient (Wildman–Crippen LogP) is 13.8. The van der Waals surface area contributed by atoms with Crippen LogP contribution in [-0.4, -0.2) is 24.1 Å². The van der Waals surface area contributed by atoms with Crippen LogP contribution in [0.15, 0.2) is 224 Å². The number of para-hydroxylation sites is 3. The lowest BCUT2D eigenvalue weighted by atomic mass is 9.63. The van der Waals surface area contributed by atoms with Gasteiger partial charge in [0, 0.05) is 43.9 Å². The molecule has 294 valence electrons. The molecule has 12 aromatic rings. The smallest absolute Gasteiger partial charge is 0.164 e. The Balaban J connectivity index is 1.11. The Morgan fingerprint density at radius 1 is 0.317 bits per heavy atom. The molecule has 0 bridgehead atoms. The maximum Gasteiger partial charge on any atom is 0.164 e. The first-order chi connectivity index (χ1) is 31.3. The lowest BCUT2D eigenvalue weighted by molar-refractivity contribution is 0.727. The minimum Gasteiger partial charge on any atom is -0.309 e. The molecule has 3 aromatic heterocycles. The van der Waals surface area contributed by atoms with Gasteiger partial charge in [0.15, 0.2) is 17.5 Å². The molecule has 5 nitrogen and oxygen atoms in total.